The summed E-state index contributed by atoms with van der Waals surface area (Å²) in [5.41, 5.74) is 5.96. The van der Waals surface area contributed by atoms with E-state index in [-0.39, 0.29) is 5.54 Å². The lowest BCUT2D eigenvalue weighted by atomic mass is 9.89. The largest absolute Gasteiger partial charge is 0.329 e. The van der Waals surface area contributed by atoms with Gasteiger partial charge in [-0.2, -0.15) is 0 Å². The highest BCUT2D eigenvalue weighted by molar-refractivity contribution is 7.91. The first-order chi connectivity index (χ1) is 8.47. The van der Waals surface area contributed by atoms with Crippen LogP contribution in [0, 0.1) is 5.92 Å². The third kappa shape index (κ3) is 3.06. The third-order valence-corrected chi connectivity index (χ3v) is 6.48. The highest BCUT2D eigenvalue weighted by Gasteiger charge is 2.41. The van der Waals surface area contributed by atoms with Gasteiger partial charge < -0.3 is 5.73 Å². The van der Waals surface area contributed by atoms with Gasteiger partial charge in [-0.15, -0.1) is 0 Å². The Morgan fingerprint density at radius 1 is 1.22 bits per heavy atom. The normalized spacial score (nSPS) is 32.9. The minimum absolute atomic E-state index is 0.0462. The monoisotopic (exact) mass is 274 g/mol. The summed E-state index contributed by atoms with van der Waals surface area (Å²) in [7, 11) is -2.80. The van der Waals surface area contributed by atoms with Crippen LogP contribution in [0.25, 0.3) is 0 Å². The van der Waals surface area contributed by atoms with E-state index in [4.69, 9.17) is 5.73 Å². The number of nitrogens with two attached hydrogens (primary N) is 1. The zero-order valence-electron chi connectivity index (χ0n) is 11.4. The highest BCUT2D eigenvalue weighted by Crippen LogP contribution is 2.32. The maximum absolute atomic E-state index is 11.6. The molecule has 0 radical (unpaired) electrons. The maximum atomic E-state index is 11.6. The van der Waals surface area contributed by atoms with E-state index >= 15 is 0 Å². The molecule has 2 aliphatic heterocycles. The lowest BCUT2D eigenvalue weighted by Gasteiger charge is -2.45. The van der Waals surface area contributed by atoms with E-state index in [1.54, 1.807) is 0 Å². The van der Waals surface area contributed by atoms with Gasteiger partial charge in [0.15, 0.2) is 0 Å². The maximum Gasteiger partial charge on any atom is 0.150 e. The SMILES string of the molecule is CC1CCCN(C2(CN)CCS(=O)(=O)CC2)CC1. The molecule has 2 heterocycles. The van der Waals surface area contributed by atoms with E-state index in [2.05, 4.69) is 11.8 Å². The molecule has 2 N–H and O–H groups in total. The molecule has 2 saturated heterocycles. The fourth-order valence-electron chi connectivity index (χ4n) is 3.30. The second-order valence-corrected chi connectivity index (χ2v) is 8.41. The molecule has 2 aliphatic rings. The Balaban J connectivity index is 2.08. The van der Waals surface area contributed by atoms with Crippen molar-refractivity contribution >= 4 is 9.84 Å². The molecular formula is C13H26N2O2S. The summed E-state index contributed by atoms with van der Waals surface area (Å²) in [5, 5.41) is 0. The van der Waals surface area contributed by atoms with Crippen molar-refractivity contribution in [2.24, 2.45) is 11.7 Å². The molecule has 2 fully saturated rings. The molecule has 0 aromatic heterocycles. The molecule has 2 rings (SSSR count). The lowest BCUT2D eigenvalue weighted by molar-refractivity contribution is 0.0858. The Morgan fingerprint density at radius 2 is 1.89 bits per heavy atom. The number of nitrogens with zero attached hydrogens (tertiary/aromatic N) is 1. The van der Waals surface area contributed by atoms with Gasteiger partial charge in [-0.05, 0) is 51.1 Å². The van der Waals surface area contributed by atoms with E-state index < -0.39 is 9.84 Å². The van der Waals surface area contributed by atoms with Crippen LogP contribution in [0.4, 0.5) is 0 Å². The molecule has 4 nitrogen and oxygen atoms in total. The summed E-state index contributed by atoms with van der Waals surface area (Å²) < 4.78 is 23.2. The second kappa shape index (κ2) is 5.47. The van der Waals surface area contributed by atoms with Crippen molar-refractivity contribution in [3.63, 3.8) is 0 Å². The van der Waals surface area contributed by atoms with Crippen LogP contribution in [0.2, 0.25) is 0 Å². The summed E-state index contributed by atoms with van der Waals surface area (Å²) in [4.78, 5) is 2.49. The van der Waals surface area contributed by atoms with Crippen LogP contribution >= 0.6 is 0 Å². The van der Waals surface area contributed by atoms with E-state index in [1.165, 1.54) is 19.3 Å². The lowest BCUT2D eigenvalue weighted by Crippen LogP contribution is -2.58. The van der Waals surface area contributed by atoms with Crippen LogP contribution in [0.15, 0.2) is 0 Å². The molecule has 5 heteroatoms. The summed E-state index contributed by atoms with van der Waals surface area (Å²) in [6.45, 7) is 5.07. The molecule has 0 bridgehead atoms. The van der Waals surface area contributed by atoms with Crippen LogP contribution in [0.1, 0.15) is 39.0 Å². The minimum atomic E-state index is -2.80. The van der Waals surface area contributed by atoms with Crippen LogP contribution in [-0.2, 0) is 9.84 Å². The average molecular weight is 274 g/mol. The molecule has 1 unspecified atom stereocenters. The predicted molar refractivity (Wildman–Crippen MR) is 74.3 cm³/mol. The molecule has 1 atom stereocenters. The highest BCUT2D eigenvalue weighted by atomic mass is 32.2. The van der Waals surface area contributed by atoms with Gasteiger partial charge in [0.25, 0.3) is 0 Å². The van der Waals surface area contributed by atoms with E-state index in [9.17, 15) is 8.42 Å². The van der Waals surface area contributed by atoms with Gasteiger partial charge in [-0.3, -0.25) is 4.90 Å². The number of hydrogen-bond donors (Lipinski definition) is 1. The second-order valence-electron chi connectivity index (χ2n) is 6.10. The molecule has 0 amide bonds. The molecule has 18 heavy (non-hydrogen) atoms. The van der Waals surface area contributed by atoms with Crippen molar-refractivity contribution in [2.75, 3.05) is 31.1 Å². The smallest absolute Gasteiger partial charge is 0.150 e. The molecule has 0 spiro atoms. The average Bonchev–Trinajstić information content (AvgIpc) is 2.56. The Labute approximate surface area is 111 Å². The van der Waals surface area contributed by atoms with E-state index in [0.717, 1.165) is 31.8 Å². The number of hydrogen-bond acceptors (Lipinski definition) is 4. The first kappa shape index (κ1) is 14.3. The van der Waals surface area contributed by atoms with E-state index in [0.29, 0.717) is 18.1 Å². The van der Waals surface area contributed by atoms with Gasteiger partial charge in [0.2, 0.25) is 0 Å². The van der Waals surface area contributed by atoms with E-state index in [1.807, 2.05) is 0 Å². The van der Waals surface area contributed by atoms with Crippen molar-refractivity contribution in [2.45, 2.75) is 44.6 Å². The fourth-order valence-corrected chi connectivity index (χ4v) is 4.89. The molecular weight excluding hydrogens is 248 g/mol. The minimum Gasteiger partial charge on any atom is -0.329 e. The number of sulfone groups is 1. The van der Waals surface area contributed by atoms with Crippen molar-refractivity contribution in [1.29, 1.82) is 0 Å². The van der Waals surface area contributed by atoms with Gasteiger partial charge in [0, 0.05) is 12.1 Å². The first-order valence-electron chi connectivity index (χ1n) is 7.13. The van der Waals surface area contributed by atoms with Crippen molar-refractivity contribution < 1.29 is 8.42 Å². The van der Waals surface area contributed by atoms with Crippen molar-refractivity contribution in [3.05, 3.63) is 0 Å². The zero-order valence-corrected chi connectivity index (χ0v) is 12.2. The van der Waals surface area contributed by atoms with Gasteiger partial charge in [-0.1, -0.05) is 6.92 Å². The number of likely N-dealkylation sites (tertiary alicyclic amines) is 1. The van der Waals surface area contributed by atoms with Gasteiger partial charge in [0.05, 0.1) is 11.5 Å². The predicted octanol–water partition coefficient (Wildman–Crippen LogP) is 1.01. The quantitative estimate of drug-likeness (QED) is 0.816. The fraction of sp³-hybridized carbons (Fsp3) is 1.00. The Hall–Kier alpha value is -0.130. The van der Waals surface area contributed by atoms with Crippen LogP contribution < -0.4 is 5.73 Å². The summed E-state index contributed by atoms with van der Waals surface area (Å²) in [6, 6.07) is 0. The van der Waals surface area contributed by atoms with Crippen LogP contribution in [-0.4, -0.2) is 50.0 Å². The van der Waals surface area contributed by atoms with Crippen LogP contribution in [0.5, 0.6) is 0 Å². The van der Waals surface area contributed by atoms with Crippen molar-refractivity contribution in [1.82, 2.24) is 4.90 Å². The Kier molecular flexibility index (Phi) is 4.34. The summed E-state index contributed by atoms with van der Waals surface area (Å²) in [5.74, 6) is 1.42. The number of rotatable bonds is 2. The standard InChI is InChI=1S/C13H26N2O2S/c1-12-3-2-7-15(8-4-12)13(11-14)5-9-18(16,17)10-6-13/h12H,2-11,14H2,1H3. The van der Waals surface area contributed by atoms with Gasteiger partial charge >= 0.3 is 0 Å². The van der Waals surface area contributed by atoms with Gasteiger partial charge in [-0.25, -0.2) is 8.42 Å². The molecule has 0 saturated carbocycles. The summed E-state index contributed by atoms with van der Waals surface area (Å²) in [6.07, 6.45) is 5.17. The molecule has 106 valence electrons. The molecule has 0 aromatic rings. The van der Waals surface area contributed by atoms with Crippen LogP contribution in [0.3, 0.4) is 0 Å². The van der Waals surface area contributed by atoms with Gasteiger partial charge in [0.1, 0.15) is 9.84 Å². The first-order valence-corrected chi connectivity index (χ1v) is 8.95. The Morgan fingerprint density at radius 3 is 2.50 bits per heavy atom. The van der Waals surface area contributed by atoms with Crippen molar-refractivity contribution in [3.8, 4) is 0 Å². The third-order valence-electron chi connectivity index (χ3n) is 4.82. The molecule has 0 aliphatic carbocycles. The topological polar surface area (TPSA) is 63.4 Å². The zero-order chi connectivity index (χ0) is 13.2. The molecule has 0 aromatic carbocycles. The Bertz CT molecular complexity index is 366. The summed E-state index contributed by atoms with van der Waals surface area (Å²) >= 11 is 0.